The highest BCUT2D eigenvalue weighted by Crippen LogP contribution is 2.29. The summed E-state index contributed by atoms with van der Waals surface area (Å²) >= 11 is 0. The van der Waals surface area contributed by atoms with Crippen LogP contribution < -0.4 is 19.7 Å². The Balaban J connectivity index is 1.66. The summed E-state index contributed by atoms with van der Waals surface area (Å²) in [6.45, 7) is 2.91. The lowest BCUT2D eigenvalue weighted by Gasteiger charge is -2.34. The maximum atomic E-state index is 12.6. The van der Waals surface area contributed by atoms with E-state index < -0.39 is 5.91 Å². The van der Waals surface area contributed by atoms with E-state index >= 15 is 0 Å². The van der Waals surface area contributed by atoms with Crippen molar-refractivity contribution >= 4 is 17.4 Å². The number of hydrogen-bond acceptors (Lipinski definition) is 7. The first kappa shape index (κ1) is 20.0. The molecule has 1 fully saturated rings. The number of aromatic nitrogens is 1. The molecular formula is C21H23N5O3. The lowest BCUT2D eigenvalue weighted by molar-refractivity contribution is -0.112. The Labute approximate surface area is 170 Å². The molecule has 1 aromatic heterocycles. The topological polar surface area (TPSA) is 90.7 Å². The highest BCUT2D eigenvalue weighted by molar-refractivity contribution is 6.07. The number of nitrogens with one attached hydrogen (secondary N) is 1. The van der Waals surface area contributed by atoms with Gasteiger partial charge in [-0.15, -0.1) is 0 Å². The van der Waals surface area contributed by atoms with E-state index in [9.17, 15) is 10.1 Å². The SMILES string of the molecule is COc1ccc(OC)c(NC(=O)/C(C#N)=C\N2CCN(c3ccccn3)CC2)c1. The molecule has 0 radical (unpaired) electrons. The molecule has 1 saturated heterocycles. The van der Waals surface area contributed by atoms with Crippen molar-refractivity contribution in [1.29, 1.82) is 5.26 Å². The van der Waals surface area contributed by atoms with Crippen molar-refractivity contribution in [2.75, 3.05) is 50.6 Å². The van der Waals surface area contributed by atoms with Crippen LogP contribution in [0.2, 0.25) is 0 Å². The van der Waals surface area contributed by atoms with Crippen LogP contribution >= 0.6 is 0 Å². The van der Waals surface area contributed by atoms with Gasteiger partial charge >= 0.3 is 0 Å². The molecule has 8 nitrogen and oxygen atoms in total. The number of carbonyl (C=O) groups excluding carboxylic acids is 1. The largest absolute Gasteiger partial charge is 0.497 e. The molecule has 1 N–H and O–H groups in total. The molecule has 1 amide bonds. The third-order valence-corrected chi connectivity index (χ3v) is 4.62. The lowest BCUT2D eigenvalue weighted by atomic mass is 10.2. The Morgan fingerprint density at radius 3 is 2.59 bits per heavy atom. The Morgan fingerprint density at radius 1 is 1.17 bits per heavy atom. The number of methoxy groups -OCH3 is 2. The number of carbonyl (C=O) groups is 1. The zero-order valence-electron chi connectivity index (χ0n) is 16.5. The number of nitriles is 1. The van der Waals surface area contributed by atoms with Crippen LogP contribution in [0.5, 0.6) is 11.5 Å². The van der Waals surface area contributed by atoms with Gasteiger partial charge < -0.3 is 24.6 Å². The fraction of sp³-hybridized carbons (Fsp3) is 0.286. The van der Waals surface area contributed by atoms with E-state index in [1.165, 1.54) is 7.11 Å². The van der Waals surface area contributed by atoms with E-state index in [-0.39, 0.29) is 5.57 Å². The molecule has 2 aromatic rings. The van der Waals surface area contributed by atoms with Gasteiger partial charge in [-0.2, -0.15) is 5.26 Å². The van der Waals surface area contributed by atoms with Gasteiger partial charge in [0.05, 0.1) is 19.9 Å². The molecule has 0 spiro atoms. The fourth-order valence-corrected chi connectivity index (χ4v) is 3.04. The van der Waals surface area contributed by atoms with Crippen LogP contribution in [0.3, 0.4) is 0 Å². The fourth-order valence-electron chi connectivity index (χ4n) is 3.04. The lowest BCUT2D eigenvalue weighted by Crippen LogP contribution is -2.44. The molecule has 0 unspecified atom stereocenters. The minimum Gasteiger partial charge on any atom is -0.497 e. The minimum absolute atomic E-state index is 0.0289. The zero-order valence-corrected chi connectivity index (χ0v) is 16.5. The van der Waals surface area contributed by atoms with Gasteiger partial charge in [-0.05, 0) is 24.3 Å². The Morgan fingerprint density at radius 2 is 1.97 bits per heavy atom. The van der Waals surface area contributed by atoms with Crippen LogP contribution in [-0.2, 0) is 4.79 Å². The number of ether oxygens (including phenoxy) is 2. The smallest absolute Gasteiger partial charge is 0.267 e. The molecule has 2 heterocycles. The van der Waals surface area contributed by atoms with E-state index in [1.54, 1.807) is 37.7 Å². The normalized spacial score (nSPS) is 14.2. The summed E-state index contributed by atoms with van der Waals surface area (Å²) in [5.41, 5.74) is 0.471. The summed E-state index contributed by atoms with van der Waals surface area (Å²) in [6, 6.07) is 12.9. The summed E-state index contributed by atoms with van der Waals surface area (Å²) in [5, 5.41) is 12.2. The van der Waals surface area contributed by atoms with Gasteiger partial charge in [0.25, 0.3) is 5.91 Å². The van der Waals surface area contributed by atoms with E-state index in [0.717, 1.165) is 18.9 Å². The summed E-state index contributed by atoms with van der Waals surface area (Å²) in [7, 11) is 3.05. The molecule has 0 aliphatic carbocycles. The first-order chi connectivity index (χ1) is 14.1. The Bertz CT molecular complexity index is 916. The molecule has 0 atom stereocenters. The number of benzene rings is 1. The average Bonchev–Trinajstić information content (AvgIpc) is 2.78. The van der Waals surface area contributed by atoms with Crippen LogP contribution in [0.25, 0.3) is 0 Å². The molecule has 8 heteroatoms. The number of nitrogens with zero attached hydrogens (tertiary/aromatic N) is 4. The molecule has 1 aliphatic heterocycles. The van der Waals surface area contributed by atoms with E-state index in [4.69, 9.17) is 9.47 Å². The second-order valence-corrected chi connectivity index (χ2v) is 6.39. The van der Waals surface area contributed by atoms with Crippen LogP contribution in [0, 0.1) is 11.3 Å². The predicted octanol–water partition coefficient (Wildman–Crippen LogP) is 2.27. The highest BCUT2D eigenvalue weighted by atomic mass is 16.5. The quantitative estimate of drug-likeness (QED) is 0.595. The molecule has 0 saturated carbocycles. The number of hydrogen-bond donors (Lipinski definition) is 1. The maximum absolute atomic E-state index is 12.6. The van der Waals surface area contributed by atoms with E-state index in [1.807, 2.05) is 29.2 Å². The van der Waals surface area contributed by atoms with Crippen molar-refractivity contribution in [3.05, 3.63) is 54.4 Å². The van der Waals surface area contributed by atoms with Crippen LogP contribution in [-0.4, -0.2) is 56.2 Å². The summed E-state index contributed by atoms with van der Waals surface area (Å²) in [5.74, 6) is 1.50. The molecule has 1 aromatic carbocycles. The second-order valence-electron chi connectivity index (χ2n) is 6.39. The predicted molar refractivity (Wildman–Crippen MR) is 110 cm³/mol. The third-order valence-electron chi connectivity index (χ3n) is 4.62. The van der Waals surface area contributed by atoms with Gasteiger partial charge in [-0.3, -0.25) is 4.79 Å². The standard InChI is InChI=1S/C21H23N5O3/c1-28-17-6-7-19(29-2)18(13-17)24-21(27)16(14-22)15-25-9-11-26(12-10-25)20-5-3-4-8-23-20/h3-8,13,15H,9-12H2,1-2H3,(H,24,27)/b16-15-. The summed E-state index contributed by atoms with van der Waals surface area (Å²) < 4.78 is 10.5. The number of amides is 1. The summed E-state index contributed by atoms with van der Waals surface area (Å²) in [4.78, 5) is 21.1. The summed E-state index contributed by atoms with van der Waals surface area (Å²) in [6.07, 6.45) is 3.38. The average molecular weight is 393 g/mol. The molecular weight excluding hydrogens is 370 g/mol. The first-order valence-corrected chi connectivity index (χ1v) is 9.20. The molecule has 0 bridgehead atoms. The van der Waals surface area contributed by atoms with E-state index in [0.29, 0.717) is 30.3 Å². The van der Waals surface area contributed by atoms with E-state index in [2.05, 4.69) is 15.2 Å². The molecule has 150 valence electrons. The first-order valence-electron chi connectivity index (χ1n) is 9.20. The van der Waals surface area contributed by atoms with Gasteiger partial charge in [0.2, 0.25) is 0 Å². The van der Waals surface area contributed by atoms with Gasteiger partial charge in [0, 0.05) is 44.6 Å². The number of pyridine rings is 1. The van der Waals surface area contributed by atoms with Crippen LogP contribution in [0.15, 0.2) is 54.4 Å². The monoisotopic (exact) mass is 393 g/mol. The van der Waals surface area contributed by atoms with Gasteiger partial charge in [-0.25, -0.2) is 4.98 Å². The number of rotatable bonds is 6. The Kier molecular flexibility index (Phi) is 6.53. The molecule has 1 aliphatic rings. The van der Waals surface area contributed by atoms with Gasteiger partial charge in [0.1, 0.15) is 29.0 Å². The highest BCUT2D eigenvalue weighted by Gasteiger charge is 2.19. The van der Waals surface area contributed by atoms with Crippen LogP contribution in [0.1, 0.15) is 0 Å². The molecule has 3 rings (SSSR count). The van der Waals surface area contributed by atoms with Crippen molar-refractivity contribution in [2.24, 2.45) is 0 Å². The van der Waals surface area contributed by atoms with Gasteiger partial charge in [-0.1, -0.05) is 6.07 Å². The maximum Gasteiger partial charge on any atom is 0.267 e. The van der Waals surface area contributed by atoms with Gasteiger partial charge in [0.15, 0.2) is 0 Å². The van der Waals surface area contributed by atoms with Crippen molar-refractivity contribution < 1.29 is 14.3 Å². The van der Waals surface area contributed by atoms with Crippen molar-refractivity contribution in [2.45, 2.75) is 0 Å². The third kappa shape index (κ3) is 4.96. The number of piperazine rings is 1. The van der Waals surface area contributed by atoms with Crippen molar-refractivity contribution in [1.82, 2.24) is 9.88 Å². The Hall–Kier alpha value is -3.73. The van der Waals surface area contributed by atoms with Crippen LogP contribution in [0.4, 0.5) is 11.5 Å². The van der Waals surface area contributed by atoms with Crippen molar-refractivity contribution in [3.8, 4) is 17.6 Å². The molecule has 29 heavy (non-hydrogen) atoms. The minimum atomic E-state index is -0.494. The number of anilines is 2. The van der Waals surface area contributed by atoms with Crippen molar-refractivity contribution in [3.63, 3.8) is 0 Å². The second kappa shape index (κ2) is 9.46. The zero-order chi connectivity index (χ0) is 20.6.